The molecule has 0 aliphatic carbocycles. The lowest BCUT2D eigenvalue weighted by molar-refractivity contribution is 0.275. The number of aromatic nitrogens is 3. The van der Waals surface area contributed by atoms with Gasteiger partial charge in [0.15, 0.2) is 0 Å². The molecule has 0 N–H and O–H groups in total. The fourth-order valence-corrected chi connectivity index (χ4v) is 2.07. The summed E-state index contributed by atoms with van der Waals surface area (Å²) in [6.45, 7) is 2.07. The molecule has 1 unspecified atom stereocenters. The number of hydrogen-bond acceptors (Lipinski definition) is 3. The van der Waals surface area contributed by atoms with Gasteiger partial charge in [0, 0.05) is 0 Å². The van der Waals surface area contributed by atoms with Crippen LogP contribution in [0.2, 0.25) is 0 Å². The van der Waals surface area contributed by atoms with Gasteiger partial charge >= 0.3 is 0 Å². The highest BCUT2D eigenvalue weighted by molar-refractivity contribution is 5.33. The van der Waals surface area contributed by atoms with Crippen LogP contribution in [0.3, 0.4) is 0 Å². The summed E-state index contributed by atoms with van der Waals surface area (Å²) in [6, 6.07) is 6.71. The third kappa shape index (κ3) is 2.26. The second-order valence-corrected chi connectivity index (χ2v) is 4.37. The van der Waals surface area contributed by atoms with Gasteiger partial charge in [-0.1, -0.05) is 19.1 Å². The number of benzene rings is 1. The van der Waals surface area contributed by atoms with Crippen LogP contribution < -0.4 is 0 Å². The minimum absolute atomic E-state index is 0.118. The van der Waals surface area contributed by atoms with Crippen molar-refractivity contribution < 1.29 is 4.39 Å². The Morgan fingerprint density at radius 1 is 1.33 bits per heavy atom. The van der Waals surface area contributed by atoms with Crippen molar-refractivity contribution in [3.63, 3.8) is 0 Å². The van der Waals surface area contributed by atoms with Crippen LogP contribution >= 0.6 is 0 Å². The van der Waals surface area contributed by atoms with Gasteiger partial charge in [0.05, 0.1) is 6.04 Å². The van der Waals surface area contributed by atoms with Crippen molar-refractivity contribution in [1.29, 1.82) is 0 Å². The molecule has 5 heteroatoms. The highest BCUT2D eigenvalue weighted by atomic mass is 19.1. The average Bonchev–Trinajstić information content (AvgIpc) is 2.79. The Labute approximate surface area is 106 Å². The van der Waals surface area contributed by atoms with E-state index in [1.807, 2.05) is 14.1 Å². The van der Waals surface area contributed by atoms with E-state index in [2.05, 4.69) is 21.9 Å². The lowest BCUT2D eigenvalue weighted by atomic mass is 10.2. The van der Waals surface area contributed by atoms with Crippen LogP contribution in [0.5, 0.6) is 0 Å². The lowest BCUT2D eigenvalue weighted by Gasteiger charge is -2.22. The fourth-order valence-electron chi connectivity index (χ4n) is 2.07. The summed E-state index contributed by atoms with van der Waals surface area (Å²) >= 11 is 0. The summed E-state index contributed by atoms with van der Waals surface area (Å²) in [6.07, 6.45) is 2.36. The maximum absolute atomic E-state index is 13.8. The second-order valence-electron chi connectivity index (χ2n) is 4.37. The van der Waals surface area contributed by atoms with Gasteiger partial charge in [-0.2, -0.15) is 5.10 Å². The number of rotatable bonds is 4. The first-order valence-electron chi connectivity index (χ1n) is 5.96. The van der Waals surface area contributed by atoms with E-state index in [1.54, 1.807) is 22.9 Å². The fraction of sp³-hybridized carbons (Fsp3) is 0.385. The molecule has 1 heterocycles. The van der Waals surface area contributed by atoms with E-state index >= 15 is 0 Å². The Balaban J connectivity index is 2.48. The van der Waals surface area contributed by atoms with Gasteiger partial charge in [-0.25, -0.2) is 14.1 Å². The Bertz CT molecular complexity index is 521. The van der Waals surface area contributed by atoms with E-state index in [9.17, 15) is 4.39 Å². The van der Waals surface area contributed by atoms with Crippen LogP contribution in [0.15, 0.2) is 30.6 Å². The molecule has 0 fully saturated rings. The van der Waals surface area contributed by atoms with E-state index in [0.717, 1.165) is 12.2 Å². The molecule has 0 saturated carbocycles. The zero-order valence-electron chi connectivity index (χ0n) is 10.8. The summed E-state index contributed by atoms with van der Waals surface area (Å²) in [7, 11) is 3.96. The topological polar surface area (TPSA) is 34.0 Å². The van der Waals surface area contributed by atoms with Gasteiger partial charge in [0.2, 0.25) is 0 Å². The van der Waals surface area contributed by atoms with Crippen LogP contribution in [-0.4, -0.2) is 33.8 Å². The Kier molecular flexibility index (Phi) is 3.72. The molecule has 0 radical (unpaired) electrons. The SMILES string of the molecule is CCC(c1ncnn1-c1ccccc1F)N(C)C. The van der Waals surface area contributed by atoms with E-state index in [-0.39, 0.29) is 11.9 Å². The molecule has 96 valence electrons. The normalized spacial score (nSPS) is 12.9. The van der Waals surface area contributed by atoms with Crippen molar-refractivity contribution in [2.24, 2.45) is 0 Å². The van der Waals surface area contributed by atoms with Gasteiger partial charge in [-0.05, 0) is 32.6 Å². The molecule has 4 nitrogen and oxygen atoms in total. The van der Waals surface area contributed by atoms with Gasteiger partial charge in [0.25, 0.3) is 0 Å². The predicted molar refractivity (Wildman–Crippen MR) is 68.0 cm³/mol. The van der Waals surface area contributed by atoms with Crippen molar-refractivity contribution in [2.45, 2.75) is 19.4 Å². The zero-order valence-corrected chi connectivity index (χ0v) is 10.8. The molecule has 0 aliphatic rings. The first-order valence-corrected chi connectivity index (χ1v) is 5.96. The molecule has 2 rings (SSSR count). The number of halogens is 1. The Morgan fingerprint density at radius 2 is 2.06 bits per heavy atom. The van der Waals surface area contributed by atoms with E-state index < -0.39 is 0 Å². The number of nitrogens with zero attached hydrogens (tertiary/aromatic N) is 4. The van der Waals surface area contributed by atoms with Gasteiger partial charge < -0.3 is 0 Å². The maximum atomic E-state index is 13.8. The van der Waals surface area contributed by atoms with Crippen molar-refractivity contribution in [3.8, 4) is 5.69 Å². The predicted octanol–water partition coefficient (Wildman–Crippen LogP) is 2.42. The molecule has 0 bridgehead atoms. The van der Waals surface area contributed by atoms with Crippen LogP contribution in [0.1, 0.15) is 25.2 Å². The van der Waals surface area contributed by atoms with Crippen molar-refractivity contribution in [2.75, 3.05) is 14.1 Å². The van der Waals surface area contributed by atoms with E-state index in [1.165, 1.54) is 12.4 Å². The second kappa shape index (κ2) is 5.27. The maximum Gasteiger partial charge on any atom is 0.149 e. The summed E-state index contributed by atoms with van der Waals surface area (Å²) in [5, 5.41) is 4.14. The van der Waals surface area contributed by atoms with Crippen LogP contribution in [0, 0.1) is 5.82 Å². The smallest absolute Gasteiger partial charge is 0.149 e. The van der Waals surface area contributed by atoms with Crippen molar-refractivity contribution >= 4 is 0 Å². The van der Waals surface area contributed by atoms with E-state index in [0.29, 0.717) is 5.69 Å². The number of para-hydroxylation sites is 1. The molecule has 1 aromatic heterocycles. The summed E-state index contributed by atoms with van der Waals surface area (Å²) in [4.78, 5) is 6.33. The van der Waals surface area contributed by atoms with Crippen LogP contribution in [-0.2, 0) is 0 Å². The average molecular weight is 248 g/mol. The van der Waals surface area contributed by atoms with Gasteiger partial charge in [-0.15, -0.1) is 0 Å². The largest absolute Gasteiger partial charge is 0.300 e. The highest BCUT2D eigenvalue weighted by Gasteiger charge is 2.20. The van der Waals surface area contributed by atoms with Gasteiger partial charge in [-0.3, -0.25) is 4.90 Å². The zero-order chi connectivity index (χ0) is 13.1. The van der Waals surface area contributed by atoms with Crippen molar-refractivity contribution in [1.82, 2.24) is 19.7 Å². The first kappa shape index (κ1) is 12.7. The number of hydrogen-bond donors (Lipinski definition) is 0. The van der Waals surface area contributed by atoms with Crippen molar-refractivity contribution in [3.05, 3.63) is 42.2 Å². The Morgan fingerprint density at radius 3 is 2.67 bits per heavy atom. The standard InChI is InChI=1S/C13H17FN4/c1-4-11(17(2)3)13-15-9-16-18(13)12-8-6-5-7-10(12)14/h5-9,11H,4H2,1-3H3. The molecule has 2 aromatic rings. The molecule has 0 saturated heterocycles. The molecule has 0 amide bonds. The third-order valence-electron chi connectivity index (χ3n) is 2.96. The first-order chi connectivity index (χ1) is 8.65. The minimum atomic E-state index is -0.294. The quantitative estimate of drug-likeness (QED) is 0.833. The molecule has 1 aromatic carbocycles. The minimum Gasteiger partial charge on any atom is -0.300 e. The monoisotopic (exact) mass is 248 g/mol. The third-order valence-corrected chi connectivity index (χ3v) is 2.96. The van der Waals surface area contributed by atoms with Crippen LogP contribution in [0.4, 0.5) is 4.39 Å². The van der Waals surface area contributed by atoms with E-state index in [4.69, 9.17) is 0 Å². The molecular weight excluding hydrogens is 231 g/mol. The molecule has 0 spiro atoms. The Hall–Kier alpha value is -1.75. The summed E-state index contributed by atoms with van der Waals surface area (Å²) in [5.41, 5.74) is 0.435. The molecule has 18 heavy (non-hydrogen) atoms. The molecular formula is C13H17FN4. The van der Waals surface area contributed by atoms with Crippen LogP contribution in [0.25, 0.3) is 5.69 Å². The highest BCUT2D eigenvalue weighted by Crippen LogP contribution is 2.22. The lowest BCUT2D eigenvalue weighted by Crippen LogP contribution is -2.23. The van der Waals surface area contributed by atoms with Gasteiger partial charge in [0.1, 0.15) is 23.7 Å². The molecule has 0 aliphatic heterocycles. The summed E-state index contributed by atoms with van der Waals surface area (Å²) in [5.74, 6) is 0.463. The molecule has 1 atom stereocenters. The summed E-state index contributed by atoms with van der Waals surface area (Å²) < 4.78 is 15.4.